The Balaban J connectivity index is 1.64. The van der Waals surface area contributed by atoms with Gasteiger partial charge in [-0.3, -0.25) is 0 Å². The van der Waals surface area contributed by atoms with Crippen LogP contribution in [0.3, 0.4) is 0 Å². The van der Waals surface area contributed by atoms with Crippen LogP contribution in [-0.2, 0) is 4.74 Å². The predicted octanol–water partition coefficient (Wildman–Crippen LogP) is 3.13. The minimum atomic E-state index is 0.350. The molecule has 2 nitrogen and oxygen atoms in total. The summed E-state index contributed by atoms with van der Waals surface area (Å²) < 4.78 is 6.04. The Morgan fingerprint density at radius 3 is 2.38 bits per heavy atom. The highest BCUT2D eigenvalue weighted by atomic mass is 16.5. The zero-order chi connectivity index (χ0) is 11.2. The van der Waals surface area contributed by atoms with Crippen molar-refractivity contribution in [1.82, 2.24) is 0 Å². The Morgan fingerprint density at radius 1 is 0.875 bits per heavy atom. The highest BCUT2D eigenvalue weighted by Gasteiger charge is 2.23. The van der Waals surface area contributed by atoms with E-state index in [1.165, 1.54) is 51.4 Å². The molecule has 16 heavy (non-hydrogen) atoms. The van der Waals surface area contributed by atoms with Crippen LogP contribution in [0.4, 0.5) is 0 Å². The van der Waals surface area contributed by atoms with Crippen molar-refractivity contribution in [3.05, 3.63) is 0 Å². The van der Waals surface area contributed by atoms with Crippen molar-refractivity contribution in [2.75, 3.05) is 13.2 Å². The van der Waals surface area contributed by atoms with Crippen molar-refractivity contribution >= 4 is 0 Å². The molecular formula is C14H26O2. The largest absolute Gasteiger partial charge is 0.396 e. The molecule has 2 fully saturated rings. The first-order chi connectivity index (χ1) is 7.88. The maximum atomic E-state index is 9.17. The summed E-state index contributed by atoms with van der Waals surface area (Å²) in [5, 5.41) is 9.17. The molecule has 0 spiro atoms. The summed E-state index contributed by atoms with van der Waals surface area (Å²) in [6, 6.07) is 0. The topological polar surface area (TPSA) is 29.5 Å². The molecule has 2 atom stereocenters. The first-order valence-corrected chi connectivity index (χ1v) is 7.11. The smallest absolute Gasteiger partial charge is 0.0578 e. The van der Waals surface area contributed by atoms with Crippen molar-refractivity contribution in [2.45, 2.75) is 63.9 Å². The molecule has 2 aliphatic rings. The molecule has 1 N–H and O–H groups in total. The van der Waals surface area contributed by atoms with Crippen LogP contribution in [0.2, 0.25) is 0 Å². The highest BCUT2D eigenvalue weighted by molar-refractivity contribution is 4.74. The van der Waals surface area contributed by atoms with Gasteiger partial charge in [-0.2, -0.15) is 0 Å². The molecule has 0 aliphatic heterocycles. The average molecular weight is 226 g/mol. The molecule has 0 bridgehead atoms. The summed E-state index contributed by atoms with van der Waals surface area (Å²) in [4.78, 5) is 0. The van der Waals surface area contributed by atoms with Gasteiger partial charge in [0.15, 0.2) is 0 Å². The van der Waals surface area contributed by atoms with E-state index in [-0.39, 0.29) is 0 Å². The van der Waals surface area contributed by atoms with Crippen LogP contribution in [-0.4, -0.2) is 24.4 Å². The summed E-state index contributed by atoms with van der Waals surface area (Å²) in [7, 11) is 0. The molecule has 2 aliphatic carbocycles. The lowest BCUT2D eigenvalue weighted by molar-refractivity contribution is -0.0178. The molecule has 0 aromatic rings. The lowest BCUT2D eigenvalue weighted by Gasteiger charge is -2.30. The number of rotatable bonds is 4. The van der Waals surface area contributed by atoms with E-state index in [2.05, 4.69) is 0 Å². The van der Waals surface area contributed by atoms with Crippen molar-refractivity contribution < 1.29 is 9.84 Å². The molecule has 94 valence electrons. The van der Waals surface area contributed by atoms with E-state index in [1.807, 2.05) is 0 Å². The fourth-order valence-electron chi connectivity index (χ4n) is 3.18. The predicted molar refractivity (Wildman–Crippen MR) is 65.4 cm³/mol. The summed E-state index contributed by atoms with van der Waals surface area (Å²) in [6.07, 6.45) is 12.1. The second-order valence-corrected chi connectivity index (χ2v) is 5.67. The Hall–Kier alpha value is -0.0800. The van der Waals surface area contributed by atoms with Crippen molar-refractivity contribution in [3.63, 3.8) is 0 Å². The highest BCUT2D eigenvalue weighted by Crippen LogP contribution is 2.28. The van der Waals surface area contributed by atoms with E-state index in [4.69, 9.17) is 4.74 Å². The van der Waals surface area contributed by atoms with Crippen molar-refractivity contribution in [1.29, 1.82) is 0 Å². The standard InChI is InChI=1S/C14H26O2/c15-10-13-7-4-8-14(9-13)16-11-12-5-2-1-3-6-12/h12-15H,1-11H2. The third kappa shape index (κ3) is 3.74. The summed E-state index contributed by atoms with van der Waals surface area (Å²) >= 11 is 0. The Kier molecular flexibility index (Phi) is 5.11. The van der Waals surface area contributed by atoms with E-state index < -0.39 is 0 Å². The molecule has 2 rings (SSSR count). The molecule has 0 saturated heterocycles. The van der Waals surface area contributed by atoms with Gasteiger partial charge in [-0.1, -0.05) is 25.7 Å². The van der Waals surface area contributed by atoms with E-state index in [1.54, 1.807) is 0 Å². The lowest BCUT2D eigenvalue weighted by atomic mass is 9.87. The van der Waals surface area contributed by atoms with Gasteiger partial charge in [0, 0.05) is 13.2 Å². The number of hydrogen-bond donors (Lipinski definition) is 1. The summed E-state index contributed by atoms with van der Waals surface area (Å²) in [6.45, 7) is 1.33. The zero-order valence-corrected chi connectivity index (χ0v) is 10.4. The second kappa shape index (κ2) is 6.61. The lowest BCUT2D eigenvalue weighted by Crippen LogP contribution is -2.27. The first-order valence-electron chi connectivity index (χ1n) is 7.11. The van der Waals surface area contributed by atoms with Gasteiger partial charge in [0.05, 0.1) is 6.10 Å². The number of aliphatic hydroxyl groups is 1. The monoisotopic (exact) mass is 226 g/mol. The number of ether oxygens (including phenoxy) is 1. The second-order valence-electron chi connectivity index (χ2n) is 5.67. The van der Waals surface area contributed by atoms with Gasteiger partial charge in [0.1, 0.15) is 0 Å². The van der Waals surface area contributed by atoms with Gasteiger partial charge in [0.2, 0.25) is 0 Å². The van der Waals surface area contributed by atoms with Crippen LogP contribution in [0.1, 0.15) is 57.8 Å². The van der Waals surface area contributed by atoms with Crippen LogP contribution < -0.4 is 0 Å². The third-order valence-corrected chi connectivity index (χ3v) is 4.29. The van der Waals surface area contributed by atoms with Crippen LogP contribution in [0, 0.1) is 11.8 Å². The SMILES string of the molecule is OCC1CCCC(OCC2CCCCC2)C1. The maximum Gasteiger partial charge on any atom is 0.0578 e. The van der Waals surface area contributed by atoms with Crippen LogP contribution in [0.5, 0.6) is 0 Å². The molecule has 0 aromatic carbocycles. The minimum Gasteiger partial charge on any atom is -0.396 e. The van der Waals surface area contributed by atoms with E-state index in [0.29, 0.717) is 18.6 Å². The maximum absolute atomic E-state index is 9.17. The molecule has 0 amide bonds. The molecule has 2 heteroatoms. The molecule has 0 radical (unpaired) electrons. The van der Waals surface area contributed by atoms with Gasteiger partial charge in [0.25, 0.3) is 0 Å². The Labute approximate surface area is 99.4 Å². The Bertz CT molecular complexity index is 187. The number of hydrogen-bond acceptors (Lipinski definition) is 2. The van der Waals surface area contributed by atoms with Gasteiger partial charge >= 0.3 is 0 Å². The molecule has 2 saturated carbocycles. The third-order valence-electron chi connectivity index (χ3n) is 4.29. The average Bonchev–Trinajstić information content (AvgIpc) is 2.38. The van der Waals surface area contributed by atoms with Crippen molar-refractivity contribution in [2.24, 2.45) is 11.8 Å². The summed E-state index contributed by atoms with van der Waals surface area (Å²) in [5.74, 6) is 1.33. The first kappa shape index (κ1) is 12.4. The quantitative estimate of drug-likeness (QED) is 0.798. The van der Waals surface area contributed by atoms with Crippen LogP contribution >= 0.6 is 0 Å². The fourth-order valence-corrected chi connectivity index (χ4v) is 3.18. The molecule has 0 aromatic heterocycles. The van der Waals surface area contributed by atoms with Crippen molar-refractivity contribution in [3.8, 4) is 0 Å². The van der Waals surface area contributed by atoms with Gasteiger partial charge in [-0.05, 0) is 43.9 Å². The van der Waals surface area contributed by atoms with E-state index in [9.17, 15) is 5.11 Å². The molecule has 0 heterocycles. The normalized spacial score (nSPS) is 32.8. The van der Waals surface area contributed by atoms with E-state index in [0.717, 1.165) is 18.9 Å². The van der Waals surface area contributed by atoms with Gasteiger partial charge in [-0.15, -0.1) is 0 Å². The zero-order valence-electron chi connectivity index (χ0n) is 10.4. The Morgan fingerprint density at radius 2 is 1.62 bits per heavy atom. The molecular weight excluding hydrogens is 200 g/mol. The van der Waals surface area contributed by atoms with Gasteiger partial charge in [-0.25, -0.2) is 0 Å². The minimum absolute atomic E-state index is 0.350. The molecule has 2 unspecified atom stereocenters. The van der Waals surface area contributed by atoms with Crippen LogP contribution in [0.25, 0.3) is 0 Å². The summed E-state index contributed by atoms with van der Waals surface area (Å²) in [5.41, 5.74) is 0. The van der Waals surface area contributed by atoms with E-state index >= 15 is 0 Å². The van der Waals surface area contributed by atoms with Gasteiger partial charge < -0.3 is 9.84 Å². The number of aliphatic hydroxyl groups excluding tert-OH is 1. The fraction of sp³-hybridized carbons (Fsp3) is 1.00. The van der Waals surface area contributed by atoms with Crippen LogP contribution in [0.15, 0.2) is 0 Å².